The van der Waals surface area contributed by atoms with Crippen LogP contribution < -0.4 is 5.32 Å². The number of aromatic nitrogens is 3. The summed E-state index contributed by atoms with van der Waals surface area (Å²) in [7, 11) is 0. The highest BCUT2D eigenvalue weighted by atomic mass is 19.1. The van der Waals surface area contributed by atoms with E-state index in [0.717, 1.165) is 30.5 Å². The third kappa shape index (κ3) is 5.30. The van der Waals surface area contributed by atoms with E-state index in [0.29, 0.717) is 19.6 Å². The molecule has 0 bridgehead atoms. The minimum Gasteiger partial charge on any atom is -0.347 e. The Labute approximate surface area is 175 Å². The van der Waals surface area contributed by atoms with Crippen molar-refractivity contribution in [2.45, 2.75) is 32.0 Å². The summed E-state index contributed by atoms with van der Waals surface area (Å²) in [5.41, 5.74) is 1.97. The standard InChI is InChI=1S/C23H26FN5O/c24-21-10-4-6-18(12-21)13-28-11-5-9-20(14-28)23(30)27-22(15-29-17-25-16-26-29)19-7-2-1-3-8-19/h1-4,6-8,10,12,16-17,20,22H,5,9,11,13-15H2,(H,27,30). The molecular weight excluding hydrogens is 381 g/mol. The van der Waals surface area contributed by atoms with Gasteiger partial charge in [0.1, 0.15) is 18.5 Å². The van der Waals surface area contributed by atoms with Crippen molar-refractivity contribution in [1.82, 2.24) is 25.0 Å². The molecule has 0 radical (unpaired) electrons. The molecular formula is C23H26FN5O. The molecule has 1 fully saturated rings. The van der Waals surface area contributed by atoms with E-state index < -0.39 is 0 Å². The first-order valence-corrected chi connectivity index (χ1v) is 10.3. The molecule has 1 saturated heterocycles. The Kier molecular flexibility index (Phi) is 6.49. The van der Waals surface area contributed by atoms with E-state index in [-0.39, 0.29) is 23.7 Å². The molecule has 1 aliphatic rings. The summed E-state index contributed by atoms with van der Waals surface area (Å²) < 4.78 is 15.2. The van der Waals surface area contributed by atoms with E-state index in [1.807, 2.05) is 36.4 Å². The molecule has 2 atom stereocenters. The van der Waals surface area contributed by atoms with Crippen LogP contribution in [0, 0.1) is 11.7 Å². The summed E-state index contributed by atoms with van der Waals surface area (Å²) in [6, 6.07) is 16.4. The van der Waals surface area contributed by atoms with Gasteiger partial charge >= 0.3 is 0 Å². The predicted molar refractivity (Wildman–Crippen MR) is 112 cm³/mol. The predicted octanol–water partition coefficient (Wildman–Crippen LogP) is 3.19. The van der Waals surface area contributed by atoms with Crippen LogP contribution in [0.15, 0.2) is 67.3 Å². The molecule has 30 heavy (non-hydrogen) atoms. The normalized spacial score (nSPS) is 18.1. The van der Waals surface area contributed by atoms with Gasteiger partial charge in [0, 0.05) is 13.1 Å². The van der Waals surface area contributed by atoms with Crippen molar-refractivity contribution >= 4 is 5.91 Å². The molecule has 1 aromatic heterocycles. The Morgan fingerprint density at radius 3 is 2.83 bits per heavy atom. The third-order valence-corrected chi connectivity index (χ3v) is 5.53. The van der Waals surface area contributed by atoms with Crippen LogP contribution in [-0.4, -0.2) is 38.7 Å². The summed E-state index contributed by atoms with van der Waals surface area (Å²) in [4.78, 5) is 19.4. The molecule has 6 nitrogen and oxygen atoms in total. The largest absolute Gasteiger partial charge is 0.347 e. The smallest absolute Gasteiger partial charge is 0.224 e. The number of halogens is 1. The molecule has 1 amide bonds. The van der Waals surface area contributed by atoms with Gasteiger partial charge in [-0.05, 0) is 42.6 Å². The van der Waals surface area contributed by atoms with Crippen LogP contribution in [0.5, 0.6) is 0 Å². The lowest BCUT2D eigenvalue weighted by Gasteiger charge is -2.33. The van der Waals surface area contributed by atoms with Crippen LogP contribution in [0.3, 0.4) is 0 Å². The summed E-state index contributed by atoms with van der Waals surface area (Å²) in [6.07, 6.45) is 4.96. The summed E-state index contributed by atoms with van der Waals surface area (Å²) in [5, 5.41) is 7.40. The molecule has 156 valence electrons. The van der Waals surface area contributed by atoms with Gasteiger partial charge in [0.2, 0.25) is 5.91 Å². The number of nitrogens with one attached hydrogen (secondary N) is 1. The monoisotopic (exact) mass is 407 g/mol. The Morgan fingerprint density at radius 1 is 1.20 bits per heavy atom. The second-order valence-electron chi connectivity index (χ2n) is 7.79. The Bertz CT molecular complexity index is 947. The topological polar surface area (TPSA) is 63.1 Å². The molecule has 1 N–H and O–H groups in total. The highest BCUT2D eigenvalue weighted by Crippen LogP contribution is 2.21. The first kappa shape index (κ1) is 20.2. The van der Waals surface area contributed by atoms with Crippen molar-refractivity contribution in [3.05, 3.63) is 84.2 Å². The summed E-state index contributed by atoms with van der Waals surface area (Å²) in [6.45, 7) is 2.77. The molecule has 0 spiro atoms. The average molecular weight is 407 g/mol. The molecule has 3 aromatic rings. The number of amides is 1. The van der Waals surface area contributed by atoms with E-state index >= 15 is 0 Å². The zero-order valence-electron chi connectivity index (χ0n) is 16.8. The first-order chi connectivity index (χ1) is 14.7. The van der Waals surface area contributed by atoms with E-state index in [1.54, 1.807) is 23.1 Å². The lowest BCUT2D eigenvalue weighted by molar-refractivity contribution is -0.127. The molecule has 1 aliphatic heterocycles. The summed E-state index contributed by atoms with van der Waals surface area (Å²) in [5.74, 6) is -0.264. The van der Waals surface area contributed by atoms with E-state index in [9.17, 15) is 9.18 Å². The maximum atomic E-state index is 13.5. The Hall–Kier alpha value is -3.06. The van der Waals surface area contributed by atoms with Gasteiger partial charge in [-0.25, -0.2) is 9.37 Å². The number of carbonyl (C=O) groups is 1. The highest BCUT2D eigenvalue weighted by molar-refractivity contribution is 5.79. The SMILES string of the molecule is O=C(NC(Cn1cncn1)c1ccccc1)C1CCCN(Cc2cccc(F)c2)C1. The van der Waals surface area contributed by atoms with Gasteiger partial charge in [-0.15, -0.1) is 0 Å². The molecule has 2 aromatic carbocycles. The van der Waals surface area contributed by atoms with Crippen molar-refractivity contribution < 1.29 is 9.18 Å². The molecule has 0 aliphatic carbocycles. The van der Waals surface area contributed by atoms with Gasteiger partial charge in [0.25, 0.3) is 0 Å². The van der Waals surface area contributed by atoms with Gasteiger partial charge in [-0.2, -0.15) is 5.10 Å². The average Bonchev–Trinajstić information content (AvgIpc) is 3.27. The summed E-state index contributed by atoms with van der Waals surface area (Å²) >= 11 is 0. The molecule has 2 unspecified atom stereocenters. The fraction of sp³-hybridized carbons (Fsp3) is 0.348. The number of carbonyl (C=O) groups excluding carboxylic acids is 1. The maximum Gasteiger partial charge on any atom is 0.224 e. The lowest BCUT2D eigenvalue weighted by atomic mass is 9.95. The van der Waals surface area contributed by atoms with Crippen molar-refractivity contribution in [1.29, 1.82) is 0 Å². The van der Waals surface area contributed by atoms with Crippen LogP contribution >= 0.6 is 0 Å². The van der Waals surface area contributed by atoms with E-state index in [2.05, 4.69) is 20.3 Å². The lowest BCUT2D eigenvalue weighted by Crippen LogP contribution is -2.44. The third-order valence-electron chi connectivity index (χ3n) is 5.53. The van der Waals surface area contributed by atoms with Crippen molar-refractivity contribution in [3.63, 3.8) is 0 Å². The minimum atomic E-state index is -0.224. The van der Waals surface area contributed by atoms with Crippen molar-refractivity contribution in [2.24, 2.45) is 5.92 Å². The maximum absolute atomic E-state index is 13.5. The van der Waals surface area contributed by atoms with Gasteiger partial charge < -0.3 is 5.32 Å². The van der Waals surface area contributed by atoms with Crippen LogP contribution in [0.2, 0.25) is 0 Å². The van der Waals surface area contributed by atoms with Crippen LogP contribution in [0.25, 0.3) is 0 Å². The Balaban J connectivity index is 1.41. The van der Waals surface area contributed by atoms with Crippen molar-refractivity contribution in [2.75, 3.05) is 13.1 Å². The molecule has 2 heterocycles. The fourth-order valence-corrected chi connectivity index (χ4v) is 4.03. The van der Waals surface area contributed by atoms with Crippen LogP contribution in [-0.2, 0) is 17.9 Å². The quantitative estimate of drug-likeness (QED) is 0.653. The minimum absolute atomic E-state index is 0.0490. The number of likely N-dealkylation sites (tertiary alicyclic amines) is 1. The fourth-order valence-electron chi connectivity index (χ4n) is 4.03. The number of rotatable bonds is 7. The number of benzene rings is 2. The number of piperidine rings is 1. The van der Waals surface area contributed by atoms with Gasteiger partial charge in [0.15, 0.2) is 0 Å². The zero-order valence-corrected chi connectivity index (χ0v) is 16.8. The Morgan fingerprint density at radius 2 is 2.07 bits per heavy atom. The van der Waals surface area contributed by atoms with Gasteiger partial charge in [-0.3, -0.25) is 14.4 Å². The zero-order chi connectivity index (χ0) is 20.8. The van der Waals surface area contributed by atoms with Gasteiger partial charge in [-0.1, -0.05) is 42.5 Å². The second-order valence-corrected chi connectivity index (χ2v) is 7.79. The number of hydrogen-bond donors (Lipinski definition) is 1. The van der Waals surface area contributed by atoms with E-state index in [4.69, 9.17) is 0 Å². The highest BCUT2D eigenvalue weighted by Gasteiger charge is 2.28. The van der Waals surface area contributed by atoms with E-state index in [1.165, 1.54) is 12.4 Å². The molecule has 0 saturated carbocycles. The van der Waals surface area contributed by atoms with Crippen LogP contribution in [0.4, 0.5) is 4.39 Å². The molecule has 7 heteroatoms. The van der Waals surface area contributed by atoms with Crippen molar-refractivity contribution in [3.8, 4) is 0 Å². The second kappa shape index (κ2) is 9.63. The number of nitrogens with zero attached hydrogens (tertiary/aromatic N) is 4. The van der Waals surface area contributed by atoms with Gasteiger partial charge in [0.05, 0.1) is 18.5 Å². The first-order valence-electron chi connectivity index (χ1n) is 10.3. The number of hydrogen-bond acceptors (Lipinski definition) is 4. The van der Waals surface area contributed by atoms with Crippen LogP contribution in [0.1, 0.15) is 30.0 Å². The molecule has 4 rings (SSSR count).